The molecular formula is C20H15ClN2O2S. The number of carbonyl (C=O) groups excluding carboxylic acids is 1. The van der Waals surface area contributed by atoms with Gasteiger partial charge in [0.05, 0.1) is 23.0 Å². The second kappa shape index (κ2) is 6.94. The van der Waals surface area contributed by atoms with Gasteiger partial charge in [0.2, 0.25) is 0 Å². The number of amides is 1. The van der Waals surface area contributed by atoms with Crippen LogP contribution in [0, 0.1) is 6.92 Å². The molecule has 2 aromatic carbocycles. The summed E-state index contributed by atoms with van der Waals surface area (Å²) in [6, 6.07) is 16.7. The molecule has 4 aromatic rings. The van der Waals surface area contributed by atoms with Crippen LogP contribution in [0.3, 0.4) is 0 Å². The maximum absolute atomic E-state index is 13.2. The van der Waals surface area contributed by atoms with Crippen LogP contribution in [-0.4, -0.2) is 10.9 Å². The van der Waals surface area contributed by atoms with Gasteiger partial charge in [0.15, 0.2) is 5.13 Å². The van der Waals surface area contributed by atoms with Crippen LogP contribution in [0.1, 0.15) is 21.7 Å². The molecule has 6 heteroatoms. The van der Waals surface area contributed by atoms with E-state index in [0.717, 1.165) is 15.8 Å². The Labute approximate surface area is 159 Å². The van der Waals surface area contributed by atoms with E-state index in [1.54, 1.807) is 17.2 Å². The molecule has 0 unspecified atom stereocenters. The molecule has 26 heavy (non-hydrogen) atoms. The predicted molar refractivity (Wildman–Crippen MR) is 105 cm³/mol. The van der Waals surface area contributed by atoms with Gasteiger partial charge in [-0.1, -0.05) is 40.6 Å². The number of rotatable bonds is 4. The zero-order chi connectivity index (χ0) is 18.1. The fourth-order valence-electron chi connectivity index (χ4n) is 2.72. The summed E-state index contributed by atoms with van der Waals surface area (Å²) in [5.41, 5.74) is 2.47. The zero-order valence-corrected chi connectivity index (χ0v) is 15.6. The van der Waals surface area contributed by atoms with E-state index in [0.29, 0.717) is 28.0 Å². The average Bonchev–Trinajstić information content (AvgIpc) is 3.28. The van der Waals surface area contributed by atoms with Crippen molar-refractivity contribution in [3.63, 3.8) is 0 Å². The topological polar surface area (TPSA) is 46.3 Å². The highest BCUT2D eigenvalue weighted by molar-refractivity contribution is 7.22. The van der Waals surface area contributed by atoms with Crippen LogP contribution in [-0.2, 0) is 6.54 Å². The lowest BCUT2D eigenvalue weighted by molar-refractivity contribution is 0.0983. The highest BCUT2D eigenvalue weighted by Crippen LogP contribution is 2.32. The standard InChI is InChI=1S/C20H15ClN2O2S/c1-13-4-2-5-14(10-13)19(24)23(12-16-6-3-9-25-16)20-22-17-8-7-15(21)11-18(17)26-20/h2-11H,12H2,1H3. The summed E-state index contributed by atoms with van der Waals surface area (Å²) < 4.78 is 6.39. The molecule has 4 nitrogen and oxygen atoms in total. The van der Waals surface area contributed by atoms with E-state index in [1.807, 2.05) is 55.5 Å². The van der Waals surface area contributed by atoms with Gasteiger partial charge in [0, 0.05) is 10.6 Å². The number of benzene rings is 2. The molecule has 0 saturated heterocycles. The van der Waals surface area contributed by atoms with Crippen LogP contribution < -0.4 is 4.90 Å². The van der Waals surface area contributed by atoms with Crippen molar-refractivity contribution < 1.29 is 9.21 Å². The maximum Gasteiger partial charge on any atom is 0.260 e. The van der Waals surface area contributed by atoms with E-state index in [-0.39, 0.29) is 5.91 Å². The van der Waals surface area contributed by atoms with Gasteiger partial charge in [0.25, 0.3) is 5.91 Å². The Morgan fingerprint density at radius 3 is 2.85 bits per heavy atom. The van der Waals surface area contributed by atoms with Crippen LogP contribution in [0.4, 0.5) is 5.13 Å². The van der Waals surface area contributed by atoms with Crippen molar-refractivity contribution in [3.8, 4) is 0 Å². The molecule has 0 fully saturated rings. The summed E-state index contributed by atoms with van der Waals surface area (Å²) in [6.45, 7) is 2.28. The van der Waals surface area contributed by atoms with Crippen LogP contribution in [0.5, 0.6) is 0 Å². The number of thiazole rings is 1. The Morgan fingerprint density at radius 1 is 1.19 bits per heavy atom. The molecule has 2 heterocycles. The normalized spacial score (nSPS) is 11.0. The van der Waals surface area contributed by atoms with E-state index < -0.39 is 0 Å². The Balaban J connectivity index is 1.77. The second-order valence-electron chi connectivity index (χ2n) is 5.95. The Morgan fingerprint density at radius 2 is 2.08 bits per heavy atom. The van der Waals surface area contributed by atoms with Crippen molar-refractivity contribution in [1.82, 2.24) is 4.98 Å². The van der Waals surface area contributed by atoms with E-state index in [4.69, 9.17) is 16.0 Å². The first kappa shape index (κ1) is 16.8. The molecule has 0 bridgehead atoms. The van der Waals surface area contributed by atoms with Crippen LogP contribution in [0.15, 0.2) is 65.3 Å². The molecule has 130 valence electrons. The molecular weight excluding hydrogens is 368 g/mol. The number of hydrogen-bond donors (Lipinski definition) is 0. The number of aryl methyl sites for hydroxylation is 1. The first-order valence-corrected chi connectivity index (χ1v) is 9.26. The first-order chi connectivity index (χ1) is 12.6. The molecule has 0 radical (unpaired) electrons. The minimum atomic E-state index is -0.116. The summed E-state index contributed by atoms with van der Waals surface area (Å²) in [6.07, 6.45) is 1.60. The first-order valence-electron chi connectivity index (χ1n) is 8.07. The van der Waals surface area contributed by atoms with Crippen LogP contribution in [0.25, 0.3) is 10.2 Å². The molecule has 0 aliphatic carbocycles. The largest absolute Gasteiger partial charge is 0.467 e. The number of nitrogens with zero attached hydrogens (tertiary/aromatic N) is 2. The molecule has 0 aliphatic rings. The van der Waals surface area contributed by atoms with E-state index >= 15 is 0 Å². The molecule has 0 N–H and O–H groups in total. The molecule has 0 saturated carbocycles. The van der Waals surface area contributed by atoms with Gasteiger partial charge < -0.3 is 4.42 Å². The van der Waals surface area contributed by atoms with Crippen LogP contribution in [0.2, 0.25) is 5.02 Å². The summed E-state index contributed by atoms with van der Waals surface area (Å²) in [7, 11) is 0. The minimum absolute atomic E-state index is 0.116. The number of aromatic nitrogens is 1. The van der Waals surface area contributed by atoms with E-state index in [2.05, 4.69) is 4.98 Å². The van der Waals surface area contributed by atoms with Crippen LogP contribution >= 0.6 is 22.9 Å². The molecule has 1 amide bonds. The third-order valence-corrected chi connectivity index (χ3v) is 5.25. The van der Waals surface area contributed by atoms with E-state index in [9.17, 15) is 4.79 Å². The van der Waals surface area contributed by atoms with Gasteiger partial charge >= 0.3 is 0 Å². The molecule has 4 rings (SSSR count). The number of anilines is 1. The minimum Gasteiger partial charge on any atom is -0.467 e. The number of fused-ring (bicyclic) bond motifs is 1. The van der Waals surface area contributed by atoms with Gasteiger partial charge in [-0.05, 0) is 49.4 Å². The molecule has 0 spiro atoms. The smallest absolute Gasteiger partial charge is 0.260 e. The Kier molecular flexibility index (Phi) is 4.49. The Hall–Kier alpha value is -2.63. The van der Waals surface area contributed by atoms with Crippen molar-refractivity contribution in [2.75, 3.05) is 4.90 Å². The van der Waals surface area contributed by atoms with Gasteiger partial charge in [-0.15, -0.1) is 0 Å². The van der Waals surface area contributed by atoms with Crippen molar-refractivity contribution in [1.29, 1.82) is 0 Å². The van der Waals surface area contributed by atoms with Crippen molar-refractivity contribution in [2.24, 2.45) is 0 Å². The number of halogens is 1. The third-order valence-electron chi connectivity index (χ3n) is 3.97. The fraction of sp³-hybridized carbons (Fsp3) is 0.100. The maximum atomic E-state index is 13.2. The highest BCUT2D eigenvalue weighted by Gasteiger charge is 2.22. The molecule has 2 aromatic heterocycles. The van der Waals surface area contributed by atoms with Gasteiger partial charge in [-0.3, -0.25) is 9.69 Å². The summed E-state index contributed by atoms with van der Waals surface area (Å²) in [4.78, 5) is 19.5. The van der Waals surface area contributed by atoms with E-state index in [1.165, 1.54) is 11.3 Å². The zero-order valence-electron chi connectivity index (χ0n) is 14.0. The van der Waals surface area contributed by atoms with Crippen molar-refractivity contribution in [2.45, 2.75) is 13.5 Å². The summed E-state index contributed by atoms with van der Waals surface area (Å²) in [5.74, 6) is 0.582. The quantitative estimate of drug-likeness (QED) is 0.455. The lowest BCUT2D eigenvalue weighted by Gasteiger charge is -2.19. The van der Waals surface area contributed by atoms with Crippen molar-refractivity contribution >= 4 is 44.2 Å². The number of furan rings is 1. The monoisotopic (exact) mass is 382 g/mol. The average molecular weight is 383 g/mol. The Bertz CT molecular complexity index is 1070. The highest BCUT2D eigenvalue weighted by atomic mass is 35.5. The number of carbonyl (C=O) groups is 1. The summed E-state index contributed by atoms with van der Waals surface area (Å²) in [5, 5.41) is 1.26. The molecule has 0 atom stereocenters. The van der Waals surface area contributed by atoms with Gasteiger partial charge in [-0.25, -0.2) is 4.98 Å². The third kappa shape index (κ3) is 3.36. The van der Waals surface area contributed by atoms with Gasteiger partial charge in [0.1, 0.15) is 5.76 Å². The van der Waals surface area contributed by atoms with Crippen molar-refractivity contribution in [3.05, 3.63) is 82.8 Å². The molecule has 0 aliphatic heterocycles. The second-order valence-corrected chi connectivity index (χ2v) is 7.39. The summed E-state index contributed by atoms with van der Waals surface area (Å²) >= 11 is 7.52. The van der Waals surface area contributed by atoms with Gasteiger partial charge in [-0.2, -0.15) is 0 Å². The lowest BCUT2D eigenvalue weighted by Crippen LogP contribution is -2.30. The lowest BCUT2D eigenvalue weighted by atomic mass is 10.1. The fourth-order valence-corrected chi connectivity index (χ4v) is 3.96. The SMILES string of the molecule is Cc1cccc(C(=O)N(Cc2ccco2)c2nc3ccc(Cl)cc3s2)c1. The predicted octanol–water partition coefficient (Wildman–Crippen LogP) is 5.70. The number of hydrogen-bond acceptors (Lipinski definition) is 4.